The van der Waals surface area contributed by atoms with Crippen LogP contribution in [0, 0.1) is 0 Å². The molecule has 0 spiro atoms. The van der Waals surface area contributed by atoms with Crippen LogP contribution in [0.5, 0.6) is 0 Å². The van der Waals surface area contributed by atoms with E-state index in [1.165, 1.54) is 7.05 Å². The van der Waals surface area contributed by atoms with Gasteiger partial charge in [-0.15, -0.1) is 0 Å². The van der Waals surface area contributed by atoms with Gasteiger partial charge in [-0.25, -0.2) is 14.2 Å². The first-order valence-corrected chi connectivity index (χ1v) is 3.06. The van der Waals surface area contributed by atoms with Crippen LogP contribution in [0.2, 0.25) is 0 Å². The molecule has 0 radical (unpaired) electrons. The van der Waals surface area contributed by atoms with Crippen molar-refractivity contribution in [1.29, 1.82) is 0 Å². The maximum atomic E-state index is 11.0. The van der Waals surface area contributed by atoms with Crippen molar-refractivity contribution in [2.45, 2.75) is 0 Å². The smallest absolute Gasteiger partial charge is 0.419 e. The molecule has 6 heteroatoms. The molecule has 0 aliphatic heterocycles. The highest BCUT2D eigenvalue weighted by Gasteiger charge is 2.05. The lowest BCUT2D eigenvalue weighted by atomic mass is 10.6. The molecule has 0 atom stereocenters. The van der Waals surface area contributed by atoms with Crippen LogP contribution >= 0.6 is 0 Å². The summed E-state index contributed by atoms with van der Waals surface area (Å²) in [4.78, 5) is 32.1. The van der Waals surface area contributed by atoms with Crippen molar-refractivity contribution < 1.29 is 9.90 Å². The molecule has 0 fully saturated rings. The normalized spacial score (nSPS) is 9.75. The molecule has 0 saturated heterocycles. The Bertz CT molecular complexity index is 428. The number of hydrogen-bond donors (Lipinski definition) is 1. The van der Waals surface area contributed by atoms with Crippen LogP contribution in [0.1, 0.15) is 0 Å². The summed E-state index contributed by atoms with van der Waals surface area (Å²) < 4.78 is 1.15. The lowest BCUT2D eigenvalue weighted by Crippen LogP contribution is -2.39. The summed E-state index contributed by atoms with van der Waals surface area (Å²) in [6, 6.07) is 1.01. The third-order valence-corrected chi connectivity index (χ3v) is 1.40. The van der Waals surface area contributed by atoms with Crippen LogP contribution in [0.25, 0.3) is 0 Å². The molecule has 0 amide bonds. The van der Waals surface area contributed by atoms with Gasteiger partial charge in [-0.05, 0) is 0 Å². The second kappa shape index (κ2) is 2.65. The van der Waals surface area contributed by atoms with E-state index in [0.717, 1.165) is 12.3 Å². The van der Waals surface area contributed by atoms with Gasteiger partial charge in [-0.3, -0.25) is 9.36 Å². The maximum Gasteiger partial charge on any atom is 0.419 e. The van der Waals surface area contributed by atoms with Crippen LogP contribution in [0.3, 0.4) is 0 Å². The summed E-state index contributed by atoms with van der Waals surface area (Å²) in [5.74, 6) is 0. The number of aromatic nitrogens is 2. The Hall–Kier alpha value is -1.85. The average molecular weight is 170 g/mol. The minimum Gasteiger partial charge on any atom is -0.464 e. The summed E-state index contributed by atoms with van der Waals surface area (Å²) in [5, 5.41) is 8.43. The van der Waals surface area contributed by atoms with E-state index in [9.17, 15) is 14.4 Å². The highest BCUT2D eigenvalue weighted by molar-refractivity contribution is 5.67. The SMILES string of the molecule is Cn1c(=O)ccn(C(=O)O)c1=O. The minimum atomic E-state index is -1.41. The first kappa shape index (κ1) is 8.25. The molecule has 6 nitrogen and oxygen atoms in total. The van der Waals surface area contributed by atoms with Gasteiger partial charge in [-0.2, -0.15) is 0 Å². The standard InChI is InChI=1S/C6H6N2O4/c1-7-4(9)2-3-8(5(7)10)6(11)12/h2-3H,1H3,(H,11,12). The minimum absolute atomic E-state index is 0.432. The lowest BCUT2D eigenvalue weighted by Gasteiger charge is -1.99. The number of carboxylic acid groups (broad SMARTS) is 1. The van der Waals surface area contributed by atoms with E-state index in [1.807, 2.05) is 0 Å². The van der Waals surface area contributed by atoms with E-state index in [4.69, 9.17) is 5.11 Å². The van der Waals surface area contributed by atoms with Crippen LogP contribution < -0.4 is 11.2 Å². The Labute approximate surface area is 66.3 Å². The van der Waals surface area contributed by atoms with E-state index >= 15 is 0 Å². The van der Waals surface area contributed by atoms with Gasteiger partial charge in [0.25, 0.3) is 5.56 Å². The Morgan fingerprint density at radius 2 is 2.08 bits per heavy atom. The first-order chi connectivity index (χ1) is 5.54. The predicted octanol–water partition coefficient (Wildman–Crippen LogP) is -0.927. The Balaban J connectivity index is 3.58. The first-order valence-electron chi connectivity index (χ1n) is 3.06. The topological polar surface area (TPSA) is 81.3 Å². The highest BCUT2D eigenvalue weighted by Crippen LogP contribution is 1.74. The van der Waals surface area contributed by atoms with Crippen molar-refractivity contribution in [3.05, 3.63) is 33.1 Å². The molecule has 64 valence electrons. The maximum absolute atomic E-state index is 11.0. The van der Waals surface area contributed by atoms with Gasteiger partial charge in [0, 0.05) is 19.3 Å². The fraction of sp³-hybridized carbons (Fsp3) is 0.167. The van der Waals surface area contributed by atoms with Crippen molar-refractivity contribution in [3.8, 4) is 0 Å². The molecule has 1 rings (SSSR count). The molecular formula is C6H6N2O4. The van der Waals surface area contributed by atoms with Crippen molar-refractivity contribution in [1.82, 2.24) is 9.13 Å². The molecule has 1 aromatic heterocycles. The largest absolute Gasteiger partial charge is 0.464 e. The van der Waals surface area contributed by atoms with Crippen molar-refractivity contribution in [2.75, 3.05) is 0 Å². The average Bonchev–Trinajstić information content (AvgIpc) is 2.00. The van der Waals surface area contributed by atoms with Gasteiger partial charge in [0.05, 0.1) is 0 Å². The molecule has 1 aromatic rings. The van der Waals surface area contributed by atoms with E-state index in [0.29, 0.717) is 9.13 Å². The Kier molecular flexibility index (Phi) is 1.82. The quantitative estimate of drug-likeness (QED) is 0.545. The number of rotatable bonds is 0. The third-order valence-electron chi connectivity index (χ3n) is 1.40. The molecule has 12 heavy (non-hydrogen) atoms. The molecule has 1 heterocycles. The molecule has 0 aliphatic rings. The van der Waals surface area contributed by atoms with Gasteiger partial charge in [0.15, 0.2) is 0 Å². The van der Waals surface area contributed by atoms with Gasteiger partial charge < -0.3 is 5.11 Å². The van der Waals surface area contributed by atoms with Gasteiger partial charge >= 0.3 is 11.8 Å². The molecule has 0 aromatic carbocycles. The molecule has 0 aliphatic carbocycles. The molecular weight excluding hydrogens is 164 g/mol. The summed E-state index contributed by atoms with van der Waals surface area (Å²) in [6.07, 6.45) is -0.483. The monoisotopic (exact) mass is 170 g/mol. The molecule has 1 N–H and O–H groups in total. The number of carbonyl (C=O) groups is 1. The Morgan fingerprint density at radius 3 is 2.58 bits per heavy atom. The summed E-state index contributed by atoms with van der Waals surface area (Å²) in [6.45, 7) is 0. The van der Waals surface area contributed by atoms with Crippen LogP contribution in [0.4, 0.5) is 4.79 Å². The summed E-state index contributed by atoms with van der Waals surface area (Å²) in [7, 11) is 1.21. The second-order valence-electron chi connectivity index (χ2n) is 2.15. The number of nitrogens with zero attached hydrogens (tertiary/aromatic N) is 2. The van der Waals surface area contributed by atoms with Crippen LogP contribution in [-0.2, 0) is 7.05 Å². The number of hydrogen-bond acceptors (Lipinski definition) is 3. The zero-order chi connectivity index (χ0) is 9.30. The van der Waals surface area contributed by atoms with Crippen molar-refractivity contribution in [3.63, 3.8) is 0 Å². The van der Waals surface area contributed by atoms with Crippen LogP contribution in [-0.4, -0.2) is 20.3 Å². The Morgan fingerprint density at radius 1 is 1.50 bits per heavy atom. The van der Waals surface area contributed by atoms with Crippen molar-refractivity contribution >= 4 is 6.09 Å². The van der Waals surface area contributed by atoms with Gasteiger partial charge in [-0.1, -0.05) is 0 Å². The molecule has 0 saturated carbocycles. The van der Waals surface area contributed by atoms with Crippen molar-refractivity contribution in [2.24, 2.45) is 7.05 Å². The molecule has 0 bridgehead atoms. The predicted molar refractivity (Wildman–Crippen MR) is 39.4 cm³/mol. The van der Waals surface area contributed by atoms with E-state index < -0.39 is 17.3 Å². The van der Waals surface area contributed by atoms with Gasteiger partial charge in [0.1, 0.15) is 0 Å². The zero-order valence-corrected chi connectivity index (χ0v) is 6.22. The molecule has 0 unspecified atom stereocenters. The zero-order valence-electron chi connectivity index (χ0n) is 6.22. The summed E-state index contributed by atoms with van der Waals surface area (Å²) >= 11 is 0. The highest BCUT2D eigenvalue weighted by atomic mass is 16.4. The fourth-order valence-corrected chi connectivity index (χ4v) is 0.715. The van der Waals surface area contributed by atoms with Gasteiger partial charge in [0.2, 0.25) is 0 Å². The van der Waals surface area contributed by atoms with E-state index in [-0.39, 0.29) is 0 Å². The van der Waals surface area contributed by atoms with Crippen LogP contribution in [0.15, 0.2) is 21.9 Å². The lowest BCUT2D eigenvalue weighted by molar-refractivity contribution is 0.194. The second-order valence-corrected chi connectivity index (χ2v) is 2.15. The van der Waals surface area contributed by atoms with E-state index in [2.05, 4.69) is 0 Å². The van der Waals surface area contributed by atoms with E-state index in [1.54, 1.807) is 0 Å². The summed E-state index contributed by atoms with van der Waals surface area (Å²) in [5.41, 5.74) is -1.40. The third kappa shape index (κ3) is 1.14. The fourth-order valence-electron chi connectivity index (χ4n) is 0.715.